The van der Waals surface area contributed by atoms with E-state index < -0.39 is 23.5 Å². The van der Waals surface area contributed by atoms with Crippen molar-refractivity contribution in [3.8, 4) is 0 Å². The molecule has 0 saturated heterocycles. The Balaban J connectivity index is 2.46. The van der Waals surface area contributed by atoms with Gasteiger partial charge in [-0.25, -0.2) is 8.78 Å². The Hall–Kier alpha value is -1.78. The SMILES string of the molecule is CCOC(=O)C1CCC(=O)c2cc(F)c(F)cc21. The predicted molar refractivity (Wildman–Crippen MR) is 59.3 cm³/mol. The van der Waals surface area contributed by atoms with Crippen molar-refractivity contribution in [3.63, 3.8) is 0 Å². The molecule has 2 rings (SSSR count). The number of Topliss-reactive ketones (excluding diaryl/α,β-unsaturated/α-hetero) is 1. The summed E-state index contributed by atoms with van der Waals surface area (Å²) in [5.41, 5.74) is 0.307. The molecule has 0 spiro atoms. The van der Waals surface area contributed by atoms with Crippen molar-refractivity contribution in [1.82, 2.24) is 0 Å². The highest BCUT2D eigenvalue weighted by molar-refractivity contribution is 6.01. The Morgan fingerprint density at radius 1 is 1.39 bits per heavy atom. The minimum absolute atomic E-state index is 0.0817. The second-order valence-electron chi connectivity index (χ2n) is 4.12. The molecule has 0 heterocycles. The fourth-order valence-corrected chi connectivity index (χ4v) is 2.15. The Bertz CT molecular complexity index is 511. The number of hydrogen-bond donors (Lipinski definition) is 0. The average molecular weight is 254 g/mol. The number of fused-ring (bicyclic) bond motifs is 1. The summed E-state index contributed by atoms with van der Waals surface area (Å²) in [6, 6.07) is 1.78. The van der Waals surface area contributed by atoms with Gasteiger partial charge in [0.1, 0.15) is 0 Å². The van der Waals surface area contributed by atoms with E-state index in [4.69, 9.17) is 4.74 Å². The lowest BCUT2D eigenvalue weighted by Gasteiger charge is -2.23. The third kappa shape index (κ3) is 2.12. The van der Waals surface area contributed by atoms with Crippen molar-refractivity contribution in [3.05, 3.63) is 34.9 Å². The molecule has 3 nitrogen and oxygen atoms in total. The first-order valence-electron chi connectivity index (χ1n) is 5.73. The van der Waals surface area contributed by atoms with Gasteiger partial charge in [-0.2, -0.15) is 0 Å². The van der Waals surface area contributed by atoms with Crippen LogP contribution in [0.15, 0.2) is 12.1 Å². The molecule has 0 amide bonds. The molecule has 0 fully saturated rings. The van der Waals surface area contributed by atoms with Crippen LogP contribution in [0.2, 0.25) is 0 Å². The van der Waals surface area contributed by atoms with Crippen LogP contribution < -0.4 is 0 Å². The fourth-order valence-electron chi connectivity index (χ4n) is 2.15. The van der Waals surface area contributed by atoms with Crippen LogP contribution in [0.4, 0.5) is 8.78 Å². The lowest BCUT2D eigenvalue weighted by molar-refractivity contribution is -0.145. The van der Waals surface area contributed by atoms with Gasteiger partial charge in [-0.15, -0.1) is 0 Å². The molecule has 1 aliphatic carbocycles. The number of esters is 1. The van der Waals surface area contributed by atoms with Gasteiger partial charge in [0.25, 0.3) is 0 Å². The first-order chi connectivity index (χ1) is 8.54. The van der Waals surface area contributed by atoms with Gasteiger partial charge in [-0.1, -0.05) is 0 Å². The van der Waals surface area contributed by atoms with Crippen molar-refractivity contribution in [2.24, 2.45) is 0 Å². The molecule has 0 aromatic heterocycles. The second-order valence-corrected chi connectivity index (χ2v) is 4.12. The third-order valence-electron chi connectivity index (χ3n) is 3.00. The lowest BCUT2D eigenvalue weighted by atomic mass is 9.82. The summed E-state index contributed by atoms with van der Waals surface area (Å²) in [6.45, 7) is 1.88. The van der Waals surface area contributed by atoms with Gasteiger partial charge in [-0.3, -0.25) is 9.59 Å². The summed E-state index contributed by atoms with van der Waals surface area (Å²) in [7, 11) is 0. The summed E-state index contributed by atoms with van der Waals surface area (Å²) in [4.78, 5) is 23.3. The number of rotatable bonds is 2. The van der Waals surface area contributed by atoms with Crippen LogP contribution in [0.1, 0.15) is 41.6 Å². The van der Waals surface area contributed by atoms with Gasteiger partial charge in [0.15, 0.2) is 17.4 Å². The number of benzene rings is 1. The van der Waals surface area contributed by atoms with Crippen LogP contribution in [0.5, 0.6) is 0 Å². The number of carbonyl (C=O) groups is 2. The van der Waals surface area contributed by atoms with Gasteiger partial charge in [0.05, 0.1) is 12.5 Å². The van der Waals surface area contributed by atoms with E-state index in [1.54, 1.807) is 6.92 Å². The molecular formula is C13H12F2O3. The Kier molecular flexibility index (Phi) is 3.41. The standard InChI is InChI=1S/C13H12F2O3/c1-2-18-13(17)7-3-4-12(16)9-6-11(15)10(14)5-8(7)9/h5-7H,2-4H2,1H3. The first-order valence-corrected chi connectivity index (χ1v) is 5.73. The van der Waals surface area contributed by atoms with E-state index in [0.29, 0.717) is 0 Å². The van der Waals surface area contributed by atoms with Gasteiger partial charge in [0, 0.05) is 12.0 Å². The highest BCUT2D eigenvalue weighted by Crippen LogP contribution is 2.33. The van der Waals surface area contributed by atoms with Crippen molar-refractivity contribution in [1.29, 1.82) is 0 Å². The molecule has 0 aliphatic heterocycles. The monoisotopic (exact) mass is 254 g/mol. The minimum Gasteiger partial charge on any atom is -0.466 e. The van der Waals surface area contributed by atoms with Crippen molar-refractivity contribution >= 4 is 11.8 Å². The van der Waals surface area contributed by atoms with E-state index >= 15 is 0 Å². The lowest BCUT2D eigenvalue weighted by Crippen LogP contribution is -2.24. The molecule has 0 N–H and O–H groups in total. The number of halogens is 2. The number of ether oxygens (including phenoxy) is 1. The van der Waals surface area contributed by atoms with E-state index in [1.165, 1.54) is 0 Å². The molecule has 1 aromatic rings. The van der Waals surface area contributed by atoms with Gasteiger partial charge in [0.2, 0.25) is 0 Å². The van der Waals surface area contributed by atoms with E-state index in [1.807, 2.05) is 0 Å². The Morgan fingerprint density at radius 3 is 2.72 bits per heavy atom. The van der Waals surface area contributed by atoms with E-state index in [2.05, 4.69) is 0 Å². The molecular weight excluding hydrogens is 242 g/mol. The molecule has 0 radical (unpaired) electrons. The van der Waals surface area contributed by atoms with Crippen LogP contribution >= 0.6 is 0 Å². The van der Waals surface area contributed by atoms with Crippen LogP contribution in [-0.2, 0) is 9.53 Å². The molecule has 96 valence electrons. The molecule has 1 aromatic carbocycles. The van der Waals surface area contributed by atoms with E-state index in [0.717, 1.165) is 12.1 Å². The first kappa shape index (κ1) is 12.7. The average Bonchev–Trinajstić information content (AvgIpc) is 2.32. The summed E-state index contributed by atoms with van der Waals surface area (Å²) in [5, 5.41) is 0. The zero-order chi connectivity index (χ0) is 13.3. The largest absolute Gasteiger partial charge is 0.466 e. The quantitative estimate of drug-likeness (QED) is 0.762. The molecule has 0 bridgehead atoms. The number of ketones is 1. The van der Waals surface area contributed by atoms with E-state index in [9.17, 15) is 18.4 Å². The predicted octanol–water partition coefficient (Wildman–Crippen LogP) is 2.59. The summed E-state index contributed by atoms with van der Waals surface area (Å²) in [6.07, 6.45) is 0.414. The molecule has 1 aliphatic rings. The van der Waals surface area contributed by atoms with Crippen LogP contribution in [0, 0.1) is 11.6 Å². The fraction of sp³-hybridized carbons (Fsp3) is 0.385. The summed E-state index contributed by atoms with van der Waals surface area (Å²) < 4.78 is 31.2. The maximum absolute atomic E-state index is 13.2. The van der Waals surface area contributed by atoms with Crippen molar-refractivity contribution in [2.75, 3.05) is 6.61 Å². The highest BCUT2D eigenvalue weighted by atomic mass is 19.2. The van der Waals surface area contributed by atoms with Gasteiger partial charge in [-0.05, 0) is 31.0 Å². The zero-order valence-corrected chi connectivity index (χ0v) is 9.83. The zero-order valence-electron chi connectivity index (χ0n) is 9.83. The normalized spacial score (nSPS) is 18.4. The van der Waals surface area contributed by atoms with Crippen molar-refractivity contribution < 1.29 is 23.1 Å². The Morgan fingerprint density at radius 2 is 2.06 bits per heavy atom. The highest BCUT2D eigenvalue weighted by Gasteiger charge is 2.32. The van der Waals surface area contributed by atoms with Gasteiger partial charge < -0.3 is 4.74 Å². The summed E-state index contributed by atoms with van der Waals surface area (Å²) in [5.74, 6) is -3.60. The topological polar surface area (TPSA) is 43.4 Å². The number of carbonyl (C=O) groups excluding carboxylic acids is 2. The molecule has 5 heteroatoms. The second kappa shape index (κ2) is 4.84. The third-order valence-corrected chi connectivity index (χ3v) is 3.00. The smallest absolute Gasteiger partial charge is 0.313 e. The van der Waals surface area contributed by atoms with Crippen LogP contribution in [0.3, 0.4) is 0 Å². The maximum Gasteiger partial charge on any atom is 0.313 e. The molecule has 0 saturated carbocycles. The van der Waals surface area contributed by atoms with Crippen LogP contribution in [-0.4, -0.2) is 18.4 Å². The number of hydrogen-bond acceptors (Lipinski definition) is 3. The Labute approximate surface area is 103 Å². The van der Waals surface area contributed by atoms with E-state index in [-0.39, 0.29) is 36.4 Å². The molecule has 1 unspecified atom stereocenters. The maximum atomic E-state index is 13.2. The molecule has 1 atom stereocenters. The minimum atomic E-state index is -1.08. The summed E-state index contributed by atoms with van der Waals surface area (Å²) >= 11 is 0. The van der Waals surface area contributed by atoms with Crippen molar-refractivity contribution in [2.45, 2.75) is 25.7 Å². The molecule has 18 heavy (non-hydrogen) atoms. The van der Waals surface area contributed by atoms with Crippen LogP contribution in [0.25, 0.3) is 0 Å². The van der Waals surface area contributed by atoms with Gasteiger partial charge >= 0.3 is 5.97 Å².